The van der Waals surface area contributed by atoms with Gasteiger partial charge >= 0.3 is 0 Å². The summed E-state index contributed by atoms with van der Waals surface area (Å²) in [6.07, 6.45) is 1.02. The lowest BCUT2D eigenvalue weighted by molar-refractivity contribution is -0.116. The van der Waals surface area contributed by atoms with Crippen LogP contribution in [0, 0.1) is 0 Å². The molecule has 0 aromatic heterocycles. The Morgan fingerprint density at radius 2 is 1.78 bits per heavy atom. The quantitative estimate of drug-likeness (QED) is 0.786. The lowest BCUT2D eigenvalue weighted by Gasteiger charge is -2.07. The highest BCUT2D eigenvalue weighted by Gasteiger charge is 2.06. The molecule has 0 aliphatic rings. The highest BCUT2D eigenvalue weighted by molar-refractivity contribution is 9.10. The summed E-state index contributed by atoms with van der Waals surface area (Å²) in [5, 5.41) is 7.78. The molecule has 0 heterocycles. The van der Waals surface area contributed by atoms with Crippen molar-refractivity contribution in [3.63, 3.8) is 0 Å². The lowest BCUT2D eigenvalue weighted by Crippen LogP contribution is -2.15. The van der Waals surface area contributed by atoms with Gasteiger partial charge in [0.15, 0.2) is 0 Å². The lowest BCUT2D eigenvalue weighted by atomic mass is 10.1. The Balaban J connectivity index is 1.87. The summed E-state index contributed by atoms with van der Waals surface area (Å²) >= 11 is 3.40. The van der Waals surface area contributed by atoms with Crippen LogP contribution in [0.4, 0.5) is 5.69 Å². The minimum atomic E-state index is -3.55. The molecule has 2 rings (SSSR count). The fourth-order valence-corrected chi connectivity index (χ4v) is 3.19. The zero-order chi connectivity index (χ0) is 16.9. The molecule has 0 aliphatic heterocycles. The smallest absolute Gasteiger partial charge is 0.224 e. The monoisotopic (exact) mass is 396 g/mol. The SMILES string of the molecule is NS(=O)(=O)Cc1ccc(NC(=O)CCc2cccc(Br)c2)cc1. The number of primary sulfonamides is 1. The van der Waals surface area contributed by atoms with Gasteiger partial charge in [-0.25, -0.2) is 13.6 Å². The van der Waals surface area contributed by atoms with Gasteiger partial charge in [-0.2, -0.15) is 0 Å². The second-order valence-electron chi connectivity index (χ2n) is 5.18. The minimum absolute atomic E-state index is 0.0934. The molecule has 122 valence electrons. The molecule has 2 aromatic carbocycles. The van der Waals surface area contributed by atoms with Gasteiger partial charge in [0.25, 0.3) is 0 Å². The van der Waals surface area contributed by atoms with Crippen LogP contribution in [0.5, 0.6) is 0 Å². The maximum absolute atomic E-state index is 11.9. The van der Waals surface area contributed by atoms with Gasteiger partial charge in [0.2, 0.25) is 15.9 Å². The van der Waals surface area contributed by atoms with Gasteiger partial charge in [-0.05, 0) is 41.8 Å². The molecule has 3 N–H and O–H groups in total. The van der Waals surface area contributed by atoms with Crippen LogP contribution in [0.1, 0.15) is 17.5 Å². The van der Waals surface area contributed by atoms with Crippen molar-refractivity contribution in [3.8, 4) is 0 Å². The number of carbonyl (C=O) groups excluding carboxylic acids is 1. The van der Waals surface area contributed by atoms with Gasteiger partial charge in [0, 0.05) is 16.6 Å². The third kappa shape index (κ3) is 6.52. The second kappa shape index (κ2) is 7.72. The largest absolute Gasteiger partial charge is 0.326 e. The molecule has 0 bridgehead atoms. The molecule has 0 fully saturated rings. The first-order valence-electron chi connectivity index (χ1n) is 6.95. The first-order valence-corrected chi connectivity index (χ1v) is 9.46. The number of hydrogen-bond acceptors (Lipinski definition) is 3. The highest BCUT2D eigenvalue weighted by Crippen LogP contribution is 2.14. The number of nitrogens with one attached hydrogen (secondary N) is 1. The molecule has 5 nitrogen and oxygen atoms in total. The van der Waals surface area contributed by atoms with Crippen LogP contribution >= 0.6 is 15.9 Å². The molecule has 0 aliphatic carbocycles. The molecule has 1 amide bonds. The van der Waals surface area contributed by atoms with E-state index in [1.54, 1.807) is 24.3 Å². The molecular weight excluding hydrogens is 380 g/mol. The summed E-state index contributed by atoms with van der Waals surface area (Å²) in [5.74, 6) is -0.312. The molecular formula is C16H17BrN2O3S. The standard InChI is InChI=1S/C16H17BrN2O3S/c17-14-3-1-2-12(10-14)6-9-16(20)19-15-7-4-13(5-8-15)11-23(18,21)22/h1-5,7-8,10H,6,9,11H2,(H,19,20)(H2,18,21,22). The Labute approximate surface area is 144 Å². The van der Waals surface area contributed by atoms with E-state index >= 15 is 0 Å². The number of amides is 1. The maximum atomic E-state index is 11.9. The van der Waals surface area contributed by atoms with E-state index in [1.807, 2.05) is 24.3 Å². The third-order valence-corrected chi connectivity index (χ3v) is 4.36. The normalized spacial score (nSPS) is 11.2. The molecule has 0 saturated carbocycles. The van der Waals surface area contributed by atoms with Crippen molar-refractivity contribution < 1.29 is 13.2 Å². The van der Waals surface area contributed by atoms with Crippen molar-refractivity contribution in [3.05, 3.63) is 64.1 Å². The molecule has 23 heavy (non-hydrogen) atoms. The topological polar surface area (TPSA) is 89.3 Å². The van der Waals surface area contributed by atoms with Crippen LogP contribution in [-0.4, -0.2) is 14.3 Å². The summed E-state index contributed by atoms with van der Waals surface area (Å²) in [4.78, 5) is 11.9. The summed E-state index contributed by atoms with van der Waals surface area (Å²) in [6, 6.07) is 14.4. The number of benzene rings is 2. The molecule has 0 saturated heterocycles. The van der Waals surface area contributed by atoms with Gasteiger partial charge in [0.05, 0.1) is 5.75 Å². The van der Waals surface area contributed by atoms with E-state index in [0.717, 1.165) is 10.0 Å². The Bertz CT molecular complexity index is 789. The van der Waals surface area contributed by atoms with Crippen LogP contribution in [0.25, 0.3) is 0 Å². The van der Waals surface area contributed by atoms with Crippen molar-refractivity contribution in [1.29, 1.82) is 0 Å². The number of sulfonamides is 1. The molecule has 0 spiro atoms. The Hall–Kier alpha value is -1.70. The van der Waals surface area contributed by atoms with Crippen molar-refractivity contribution in [2.75, 3.05) is 5.32 Å². The predicted octanol–water partition coefficient (Wildman–Crippen LogP) is 2.81. The fraction of sp³-hybridized carbons (Fsp3) is 0.188. The number of nitrogens with two attached hydrogens (primary N) is 1. The van der Waals surface area contributed by atoms with E-state index < -0.39 is 10.0 Å². The van der Waals surface area contributed by atoms with Crippen LogP contribution in [0.15, 0.2) is 53.0 Å². The first-order chi connectivity index (χ1) is 10.8. The summed E-state index contributed by atoms with van der Waals surface area (Å²) in [5.41, 5.74) is 2.29. The maximum Gasteiger partial charge on any atom is 0.224 e. The molecule has 2 aromatic rings. The van der Waals surface area contributed by atoms with Crippen molar-refractivity contribution in [2.24, 2.45) is 5.14 Å². The zero-order valence-corrected chi connectivity index (χ0v) is 14.7. The van der Waals surface area contributed by atoms with Gasteiger partial charge in [-0.15, -0.1) is 0 Å². The van der Waals surface area contributed by atoms with Crippen LogP contribution in [0.3, 0.4) is 0 Å². The predicted molar refractivity (Wildman–Crippen MR) is 94.3 cm³/mol. The molecule has 0 unspecified atom stereocenters. The third-order valence-electron chi connectivity index (χ3n) is 3.14. The van der Waals surface area contributed by atoms with Gasteiger partial charge < -0.3 is 5.32 Å². The van der Waals surface area contributed by atoms with Gasteiger partial charge in [0.1, 0.15) is 0 Å². The molecule has 0 radical (unpaired) electrons. The van der Waals surface area contributed by atoms with Crippen molar-refractivity contribution in [2.45, 2.75) is 18.6 Å². The summed E-state index contributed by atoms with van der Waals surface area (Å²) < 4.78 is 23.0. The molecule has 0 atom stereocenters. The van der Waals surface area contributed by atoms with E-state index in [-0.39, 0.29) is 11.7 Å². The highest BCUT2D eigenvalue weighted by atomic mass is 79.9. The zero-order valence-electron chi connectivity index (χ0n) is 12.3. The van der Waals surface area contributed by atoms with E-state index in [9.17, 15) is 13.2 Å². The minimum Gasteiger partial charge on any atom is -0.326 e. The number of hydrogen-bond donors (Lipinski definition) is 2. The fourth-order valence-electron chi connectivity index (χ4n) is 2.09. The van der Waals surface area contributed by atoms with Gasteiger partial charge in [-0.1, -0.05) is 40.2 Å². The van der Waals surface area contributed by atoms with Crippen molar-refractivity contribution in [1.82, 2.24) is 0 Å². The summed E-state index contributed by atoms with van der Waals surface area (Å²) in [7, 11) is -3.55. The van der Waals surface area contributed by atoms with Crippen LogP contribution in [0.2, 0.25) is 0 Å². The van der Waals surface area contributed by atoms with Crippen molar-refractivity contribution >= 4 is 37.5 Å². The van der Waals surface area contributed by atoms with Crippen LogP contribution in [-0.2, 0) is 27.0 Å². The van der Waals surface area contributed by atoms with E-state index in [4.69, 9.17) is 5.14 Å². The van der Waals surface area contributed by atoms with E-state index in [1.165, 1.54) is 0 Å². The summed E-state index contributed by atoms with van der Waals surface area (Å²) in [6.45, 7) is 0. The van der Waals surface area contributed by atoms with E-state index in [0.29, 0.717) is 24.1 Å². The average molecular weight is 397 g/mol. The number of rotatable bonds is 6. The Morgan fingerprint density at radius 1 is 1.09 bits per heavy atom. The van der Waals surface area contributed by atoms with Crippen LogP contribution < -0.4 is 10.5 Å². The Kier molecular flexibility index (Phi) is 5.92. The Morgan fingerprint density at radius 3 is 2.39 bits per heavy atom. The van der Waals surface area contributed by atoms with E-state index in [2.05, 4.69) is 21.2 Å². The number of aryl methyl sites for hydroxylation is 1. The number of halogens is 1. The molecule has 7 heteroatoms. The second-order valence-corrected chi connectivity index (χ2v) is 7.71. The first kappa shape index (κ1) is 17.7. The number of anilines is 1. The number of carbonyl (C=O) groups is 1. The van der Waals surface area contributed by atoms with Gasteiger partial charge in [-0.3, -0.25) is 4.79 Å². The average Bonchev–Trinajstić information content (AvgIpc) is 2.46.